The molecule has 0 spiro atoms. The lowest BCUT2D eigenvalue weighted by molar-refractivity contribution is 0.875. The second-order valence-electron chi connectivity index (χ2n) is 13.0. The largest absolute Gasteiger partial charge is 0.313 e. The molecule has 2 heterocycles. The van der Waals surface area contributed by atoms with Crippen LogP contribution in [0.1, 0.15) is 11.3 Å². The summed E-state index contributed by atoms with van der Waals surface area (Å²) in [6.45, 7) is 0.806. The maximum absolute atomic E-state index is 4.72. The van der Waals surface area contributed by atoms with Gasteiger partial charge in [0.15, 0.2) is 0 Å². The number of rotatable bonds is 4. The molecule has 1 aliphatic heterocycles. The van der Waals surface area contributed by atoms with E-state index in [1.54, 1.807) is 0 Å². The summed E-state index contributed by atoms with van der Waals surface area (Å²) >= 11 is 0. The van der Waals surface area contributed by atoms with Crippen LogP contribution in [0, 0.1) is 0 Å². The van der Waals surface area contributed by atoms with Gasteiger partial charge in [-0.25, -0.2) is 0 Å². The molecule has 0 unspecified atom stereocenters. The van der Waals surface area contributed by atoms with Crippen LogP contribution in [0.15, 0.2) is 169 Å². The van der Waals surface area contributed by atoms with Gasteiger partial charge in [-0.2, -0.15) is 0 Å². The smallest absolute Gasteiger partial charge is 0.0538 e. The summed E-state index contributed by atoms with van der Waals surface area (Å²) in [5.41, 5.74) is 12.4. The Morgan fingerprint density at radius 1 is 0.429 bits per heavy atom. The lowest BCUT2D eigenvalue weighted by Crippen LogP contribution is -2.07. The first-order chi connectivity index (χ1) is 24.3. The number of aromatic nitrogens is 1. The van der Waals surface area contributed by atoms with Crippen molar-refractivity contribution in [2.45, 2.75) is 6.42 Å². The summed E-state index contributed by atoms with van der Waals surface area (Å²) in [5.74, 6) is 0. The maximum atomic E-state index is 4.72. The summed E-state index contributed by atoms with van der Waals surface area (Å²) in [4.78, 5) is 4.72. The standard InChI is InChI=1S/C47H32N2/c1-2-11-31(12-3-1)34-23-24-44-42(29-34)43-30-48-26-25-45(43)49(44)37-16-10-15-35(28-37)46-38-17-6-8-19-40(38)47(41-20-9-7-18-39(41)46)36-22-21-32-13-4-5-14-33(32)27-36/h1-24,27-30H,25-26H2. The van der Waals surface area contributed by atoms with Crippen LogP contribution in [-0.4, -0.2) is 17.3 Å². The van der Waals surface area contributed by atoms with Gasteiger partial charge in [0.2, 0.25) is 0 Å². The minimum absolute atomic E-state index is 0.806. The second kappa shape index (κ2) is 11.2. The third kappa shape index (κ3) is 4.45. The molecule has 0 N–H and O–H groups in total. The number of hydrogen-bond donors (Lipinski definition) is 0. The number of benzene rings is 8. The minimum atomic E-state index is 0.806. The SMILES string of the molecule is C1=NCCc2c1c1cc(-c3ccccc3)ccc1n2-c1cccc(-c2c3ccccc3c(-c3ccc4ccccc4c3)c3ccccc23)c1. The Kier molecular flexibility index (Phi) is 6.35. The topological polar surface area (TPSA) is 17.3 Å². The molecular weight excluding hydrogens is 593 g/mol. The fourth-order valence-electron chi connectivity index (χ4n) is 8.09. The van der Waals surface area contributed by atoms with Crippen molar-refractivity contribution in [1.82, 2.24) is 4.57 Å². The molecule has 230 valence electrons. The Morgan fingerprint density at radius 2 is 1.04 bits per heavy atom. The Labute approximate surface area is 285 Å². The van der Waals surface area contributed by atoms with Crippen LogP contribution in [0.4, 0.5) is 0 Å². The van der Waals surface area contributed by atoms with Crippen molar-refractivity contribution in [3.8, 4) is 39.1 Å². The molecule has 2 heteroatoms. The van der Waals surface area contributed by atoms with Crippen molar-refractivity contribution in [3.05, 3.63) is 175 Å². The highest BCUT2D eigenvalue weighted by Gasteiger charge is 2.21. The van der Waals surface area contributed by atoms with Gasteiger partial charge in [0, 0.05) is 41.5 Å². The van der Waals surface area contributed by atoms with Gasteiger partial charge in [-0.05, 0) is 96.0 Å². The molecule has 8 aromatic carbocycles. The second-order valence-corrected chi connectivity index (χ2v) is 13.0. The number of nitrogens with zero attached hydrogens (tertiary/aromatic N) is 2. The monoisotopic (exact) mass is 624 g/mol. The number of aliphatic imine (C=N–C) groups is 1. The van der Waals surface area contributed by atoms with Gasteiger partial charge in [-0.3, -0.25) is 4.99 Å². The Hall–Kier alpha value is -6.25. The molecule has 0 aliphatic carbocycles. The molecule has 9 aromatic rings. The van der Waals surface area contributed by atoms with Crippen LogP contribution in [-0.2, 0) is 6.42 Å². The molecule has 10 rings (SSSR count). The van der Waals surface area contributed by atoms with Gasteiger partial charge in [0.25, 0.3) is 0 Å². The summed E-state index contributed by atoms with van der Waals surface area (Å²) in [6.07, 6.45) is 3.00. The van der Waals surface area contributed by atoms with Crippen molar-refractivity contribution in [1.29, 1.82) is 0 Å². The van der Waals surface area contributed by atoms with Crippen LogP contribution in [0.5, 0.6) is 0 Å². The zero-order chi connectivity index (χ0) is 32.3. The van der Waals surface area contributed by atoms with E-state index >= 15 is 0 Å². The molecule has 0 bridgehead atoms. The minimum Gasteiger partial charge on any atom is -0.313 e. The van der Waals surface area contributed by atoms with E-state index in [0.717, 1.165) is 13.0 Å². The molecule has 0 saturated heterocycles. The average molecular weight is 625 g/mol. The van der Waals surface area contributed by atoms with E-state index in [4.69, 9.17) is 4.99 Å². The summed E-state index contributed by atoms with van der Waals surface area (Å²) in [7, 11) is 0. The molecule has 0 fully saturated rings. The fraction of sp³-hybridized carbons (Fsp3) is 0.0426. The van der Waals surface area contributed by atoms with Gasteiger partial charge < -0.3 is 4.57 Å². The van der Waals surface area contributed by atoms with Crippen molar-refractivity contribution < 1.29 is 0 Å². The lowest BCUT2D eigenvalue weighted by atomic mass is 9.85. The average Bonchev–Trinajstić information content (AvgIpc) is 3.51. The van der Waals surface area contributed by atoms with Crippen LogP contribution in [0.25, 0.3) is 82.3 Å². The Balaban J connectivity index is 1.20. The molecule has 0 amide bonds. The molecule has 1 aliphatic rings. The predicted octanol–water partition coefficient (Wildman–Crippen LogP) is 12.1. The van der Waals surface area contributed by atoms with Gasteiger partial charge in [-0.15, -0.1) is 0 Å². The molecule has 2 nitrogen and oxygen atoms in total. The van der Waals surface area contributed by atoms with Gasteiger partial charge in [0.05, 0.1) is 5.52 Å². The van der Waals surface area contributed by atoms with E-state index in [1.165, 1.54) is 93.5 Å². The van der Waals surface area contributed by atoms with E-state index < -0.39 is 0 Å². The third-order valence-corrected chi connectivity index (χ3v) is 10.3. The van der Waals surface area contributed by atoms with E-state index in [9.17, 15) is 0 Å². The zero-order valence-corrected chi connectivity index (χ0v) is 27.0. The predicted molar refractivity (Wildman–Crippen MR) is 208 cm³/mol. The van der Waals surface area contributed by atoms with E-state index in [2.05, 4.69) is 175 Å². The molecule has 0 radical (unpaired) electrons. The van der Waals surface area contributed by atoms with Crippen molar-refractivity contribution in [2.24, 2.45) is 4.99 Å². The highest BCUT2D eigenvalue weighted by Crippen LogP contribution is 2.45. The normalized spacial score (nSPS) is 12.7. The van der Waals surface area contributed by atoms with Gasteiger partial charge in [-0.1, -0.05) is 133 Å². The van der Waals surface area contributed by atoms with Crippen LogP contribution in [0.3, 0.4) is 0 Å². The van der Waals surface area contributed by atoms with Gasteiger partial charge >= 0.3 is 0 Å². The third-order valence-electron chi connectivity index (χ3n) is 10.3. The lowest BCUT2D eigenvalue weighted by Gasteiger charge is -2.19. The van der Waals surface area contributed by atoms with E-state index in [-0.39, 0.29) is 0 Å². The zero-order valence-electron chi connectivity index (χ0n) is 27.0. The first kappa shape index (κ1) is 27.8. The molecule has 1 aromatic heterocycles. The van der Waals surface area contributed by atoms with Crippen LogP contribution in [0.2, 0.25) is 0 Å². The van der Waals surface area contributed by atoms with Crippen LogP contribution < -0.4 is 0 Å². The molecule has 0 saturated carbocycles. The maximum Gasteiger partial charge on any atom is 0.0538 e. The van der Waals surface area contributed by atoms with Crippen molar-refractivity contribution in [2.75, 3.05) is 6.54 Å². The Morgan fingerprint density at radius 3 is 1.78 bits per heavy atom. The summed E-state index contributed by atoms with van der Waals surface area (Å²) in [5, 5.41) is 8.83. The van der Waals surface area contributed by atoms with Crippen molar-refractivity contribution in [3.63, 3.8) is 0 Å². The van der Waals surface area contributed by atoms with Crippen molar-refractivity contribution >= 4 is 49.4 Å². The number of hydrogen-bond acceptors (Lipinski definition) is 1. The number of fused-ring (bicyclic) bond motifs is 6. The van der Waals surface area contributed by atoms with Gasteiger partial charge in [0.1, 0.15) is 0 Å². The van der Waals surface area contributed by atoms with Crippen LogP contribution >= 0.6 is 0 Å². The molecular formula is C47H32N2. The highest BCUT2D eigenvalue weighted by molar-refractivity contribution is 6.21. The summed E-state index contributed by atoms with van der Waals surface area (Å²) in [6, 6.07) is 60.1. The molecule has 0 atom stereocenters. The fourth-order valence-corrected chi connectivity index (χ4v) is 8.09. The molecule has 49 heavy (non-hydrogen) atoms. The summed E-state index contributed by atoms with van der Waals surface area (Å²) < 4.78 is 2.47. The quantitative estimate of drug-likeness (QED) is 0.173. The van der Waals surface area contributed by atoms with E-state index in [1.807, 2.05) is 0 Å². The Bertz CT molecular complexity index is 2710. The van der Waals surface area contributed by atoms with E-state index in [0.29, 0.717) is 0 Å². The first-order valence-corrected chi connectivity index (χ1v) is 17.1. The highest BCUT2D eigenvalue weighted by atomic mass is 15.0. The first-order valence-electron chi connectivity index (χ1n) is 17.1.